The lowest BCUT2D eigenvalue weighted by molar-refractivity contribution is -0.0498. The number of pyridine rings is 1. The Hall–Kier alpha value is -3.14. The summed E-state index contributed by atoms with van der Waals surface area (Å²) in [6.45, 7) is -0.789. The second-order valence-electron chi connectivity index (χ2n) is 5.66. The van der Waals surface area contributed by atoms with Crippen LogP contribution in [0, 0.1) is 4.77 Å². The first-order chi connectivity index (χ1) is 13.3. The number of aryl methyl sites for hydroxylation is 1. The van der Waals surface area contributed by atoms with Gasteiger partial charge in [-0.1, -0.05) is 12.1 Å². The van der Waals surface area contributed by atoms with Crippen LogP contribution >= 0.6 is 12.2 Å². The minimum Gasteiger partial charge on any atom is -0.465 e. The number of halogens is 2. The van der Waals surface area contributed by atoms with Crippen molar-refractivity contribution in [3.8, 4) is 17.0 Å². The van der Waals surface area contributed by atoms with Crippen molar-refractivity contribution in [2.75, 3.05) is 7.11 Å². The molecule has 7 nitrogen and oxygen atoms in total. The zero-order valence-corrected chi connectivity index (χ0v) is 15.7. The maximum absolute atomic E-state index is 12.5. The highest BCUT2D eigenvalue weighted by atomic mass is 32.1. The van der Waals surface area contributed by atoms with Gasteiger partial charge in [-0.2, -0.15) is 8.78 Å². The summed E-state index contributed by atoms with van der Waals surface area (Å²) < 4.78 is 35.9. The number of esters is 1. The highest BCUT2D eigenvalue weighted by molar-refractivity contribution is 7.71. The molecule has 28 heavy (non-hydrogen) atoms. The summed E-state index contributed by atoms with van der Waals surface area (Å²) in [7, 11) is 1.19. The number of fused-ring (bicyclic) bond motifs is 1. The molecule has 3 rings (SSSR count). The number of carbonyl (C=O) groups excluding carboxylic acids is 1. The maximum atomic E-state index is 12.5. The van der Waals surface area contributed by atoms with E-state index in [1.807, 2.05) is 0 Å². The average molecular weight is 407 g/mol. The number of benzene rings is 1. The molecule has 0 spiro atoms. The lowest BCUT2D eigenvalue weighted by Crippen LogP contribution is -2.19. The number of H-pyrrole nitrogens is 1. The van der Waals surface area contributed by atoms with Crippen molar-refractivity contribution in [1.29, 1.82) is 0 Å². The summed E-state index contributed by atoms with van der Waals surface area (Å²) in [5.74, 6) is -0.800. The second-order valence-corrected chi connectivity index (χ2v) is 6.04. The Bertz CT molecular complexity index is 1170. The predicted octanol–water partition coefficient (Wildman–Crippen LogP) is 3.53. The lowest BCUT2D eigenvalue weighted by atomic mass is 10.1. The van der Waals surface area contributed by atoms with E-state index in [2.05, 4.69) is 14.7 Å². The fraction of sp³-hybridized carbons (Fsp3) is 0.222. The topological polar surface area (TPSA) is 86.2 Å². The van der Waals surface area contributed by atoms with Crippen LogP contribution in [0.4, 0.5) is 8.78 Å². The summed E-state index contributed by atoms with van der Waals surface area (Å²) in [6.07, 6.45) is 0. The summed E-state index contributed by atoms with van der Waals surface area (Å²) in [6, 6.07) is 7.23. The number of aromatic amines is 1. The van der Waals surface area contributed by atoms with Crippen molar-refractivity contribution in [2.45, 2.75) is 20.1 Å². The van der Waals surface area contributed by atoms with Crippen LogP contribution in [0.15, 0.2) is 35.1 Å². The number of hydrogen-bond donors (Lipinski definition) is 1. The van der Waals surface area contributed by atoms with E-state index in [0.29, 0.717) is 12.1 Å². The van der Waals surface area contributed by atoms with Gasteiger partial charge in [0.05, 0.1) is 23.8 Å². The smallest absolute Gasteiger partial charge is 0.387 e. The van der Waals surface area contributed by atoms with Crippen molar-refractivity contribution < 1.29 is 23.0 Å². The molecule has 0 unspecified atom stereocenters. The van der Waals surface area contributed by atoms with E-state index in [1.165, 1.54) is 31.4 Å². The van der Waals surface area contributed by atoms with Crippen LogP contribution in [-0.4, -0.2) is 34.2 Å². The number of alkyl halides is 2. The zero-order chi connectivity index (χ0) is 20.4. The molecule has 0 saturated heterocycles. The molecule has 0 aliphatic heterocycles. The number of carbonyl (C=O) groups is 1. The van der Waals surface area contributed by atoms with Crippen LogP contribution in [0.5, 0.6) is 5.75 Å². The van der Waals surface area contributed by atoms with Crippen molar-refractivity contribution in [1.82, 2.24) is 14.5 Å². The summed E-state index contributed by atoms with van der Waals surface area (Å²) in [4.78, 5) is 31.7. The molecular formula is C18H15F2N3O4S. The van der Waals surface area contributed by atoms with Gasteiger partial charge in [-0.25, -0.2) is 9.78 Å². The van der Waals surface area contributed by atoms with Gasteiger partial charge in [0.1, 0.15) is 11.4 Å². The fourth-order valence-electron chi connectivity index (χ4n) is 2.82. The Morgan fingerprint density at radius 2 is 2.11 bits per heavy atom. The molecule has 146 valence electrons. The first kappa shape index (κ1) is 19.6. The van der Waals surface area contributed by atoms with Crippen LogP contribution < -0.4 is 10.3 Å². The predicted molar refractivity (Wildman–Crippen MR) is 100 cm³/mol. The SMILES string of the molecule is CCn1c(=S)[nH]c(=O)c2c(C(=O)OC)cc(-c3cccc(OC(F)F)c3)nc21. The minimum atomic E-state index is -2.98. The Labute approximate surface area is 162 Å². The molecule has 0 aliphatic carbocycles. The summed E-state index contributed by atoms with van der Waals surface area (Å²) in [5.41, 5.74) is 0.295. The first-order valence-corrected chi connectivity index (χ1v) is 8.58. The van der Waals surface area contributed by atoms with Gasteiger partial charge in [-0.05, 0) is 37.3 Å². The molecule has 0 atom stereocenters. The number of methoxy groups -OCH3 is 1. The quantitative estimate of drug-likeness (QED) is 0.514. The maximum Gasteiger partial charge on any atom is 0.387 e. The van der Waals surface area contributed by atoms with Crippen LogP contribution in [-0.2, 0) is 11.3 Å². The van der Waals surface area contributed by atoms with E-state index in [-0.39, 0.29) is 32.8 Å². The Kier molecular flexibility index (Phi) is 5.50. The highest BCUT2D eigenvalue weighted by Crippen LogP contribution is 2.27. The second kappa shape index (κ2) is 7.85. The van der Waals surface area contributed by atoms with Gasteiger partial charge in [0, 0.05) is 12.1 Å². The lowest BCUT2D eigenvalue weighted by Gasteiger charge is -2.13. The standard InChI is InChI=1S/C18H15F2N3O4S/c1-3-23-14-13(15(24)22-18(23)28)11(16(25)26-2)8-12(21-14)9-5-4-6-10(7-9)27-17(19)20/h4-8,17H,3H2,1-2H3,(H,22,24,28). The van der Waals surface area contributed by atoms with Crippen LogP contribution in [0.25, 0.3) is 22.3 Å². The molecule has 0 saturated carbocycles. The third kappa shape index (κ3) is 3.63. The van der Waals surface area contributed by atoms with Gasteiger partial charge >= 0.3 is 12.6 Å². The van der Waals surface area contributed by atoms with Crippen LogP contribution in [0.2, 0.25) is 0 Å². The van der Waals surface area contributed by atoms with Crippen molar-refractivity contribution in [3.63, 3.8) is 0 Å². The van der Waals surface area contributed by atoms with Gasteiger partial charge in [0.25, 0.3) is 5.56 Å². The first-order valence-electron chi connectivity index (χ1n) is 8.17. The number of nitrogens with zero attached hydrogens (tertiary/aromatic N) is 2. The third-order valence-corrected chi connectivity index (χ3v) is 4.35. The van der Waals surface area contributed by atoms with Gasteiger partial charge in [-0.15, -0.1) is 0 Å². The molecule has 0 radical (unpaired) electrons. The van der Waals surface area contributed by atoms with Gasteiger partial charge < -0.3 is 14.0 Å². The molecule has 0 fully saturated rings. The molecule has 0 aliphatic rings. The van der Waals surface area contributed by atoms with Crippen molar-refractivity contribution in [3.05, 3.63) is 51.0 Å². The molecule has 0 bridgehead atoms. The van der Waals surface area contributed by atoms with Crippen molar-refractivity contribution >= 4 is 29.2 Å². The minimum absolute atomic E-state index is 0.0128. The Balaban J connectivity index is 2.35. The zero-order valence-electron chi connectivity index (χ0n) is 14.9. The van der Waals surface area contributed by atoms with Crippen LogP contribution in [0.3, 0.4) is 0 Å². The average Bonchev–Trinajstić information content (AvgIpc) is 2.66. The van der Waals surface area contributed by atoms with Crippen LogP contribution in [0.1, 0.15) is 17.3 Å². The van der Waals surface area contributed by atoms with E-state index in [0.717, 1.165) is 0 Å². The molecular weight excluding hydrogens is 392 g/mol. The van der Waals surface area contributed by atoms with Gasteiger partial charge in [0.15, 0.2) is 4.77 Å². The van der Waals surface area contributed by atoms with E-state index >= 15 is 0 Å². The largest absolute Gasteiger partial charge is 0.465 e. The van der Waals surface area contributed by atoms with E-state index in [4.69, 9.17) is 17.0 Å². The molecule has 1 aromatic carbocycles. The Morgan fingerprint density at radius 1 is 1.36 bits per heavy atom. The number of ether oxygens (including phenoxy) is 2. The number of rotatable bonds is 5. The number of nitrogens with one attached hydrogen (secondary N) is 1. The highest BCUT2D eigenvalue weighted by Gasteiger charge is 2.20. The van der Waals surface area contributed by atoms with Gasteiger partial charge in [-0.3, -0.25) is 9.78 Å². The van der Waals surface area contributed by atoms with E-state index in [9.17, 15) is 18.4 Å². The van der Waals surface area contributed by atoms with Crippen molar-refractivity contribution in [2.24, 2.45) is 0 Å². The fourth-order valence-corrected chi connectivity index (χ4v) is 3.13. The summed E-state index contributed by atoms with van der Waals surface area (Å²) >= 11 is 5.18. The number of hydrogen-bond acceptors (Lipinski definition) is 6. The Morgan fingerprint density at radius 3 is 2.75 bits per heavy atom. The number of aromatic nitrogens is 3. The summed E-state index contributed by atoms with van der Waals surface area (Å²) in [5, 5.41) is 0.0334. The van der Waals surface area contributed by atoms with E-state index < -0.39 is 18.1 Å². The molecule has 2 heterocycles. The molecule has 10 heteroatoms. The molecule has 2 aromatic heterocycles. The van der Waals surface area contributed by atoms with Gasteiger partial charge in [0.2, 0.25) is 0 Å². The normalized spacial score (nSPS) is 11.0. The third-order valence-electron chi connectivity index (χ3n) is 4.03. The van der Waals surface area contributed by atoms with E-state index in [1.54, 1.807) is 17.6 Å². The molecule has 3 aromatic rings. The monoisotopic (exact) mass is 407 g/mol. The molecule has 0 amide bonds. The molecule has 1 N–H and O–H groups in total.